The first kappa shape index (κ1) is 37.3. The summed E-state index contributed by atoms with van der Waals surface area (Å²) in [6.45, 7) is 3.48. The minimum Gasteiger partial charge on any atom is -0.481 e. The van der Waals surface area contributed by atoms with Gasteiger partial charge in [0.2, 0.25) is 11.8 Å². The fourth-order valence-electron chi connectivity index (χ4n) is 8.58. The molecule has 5 N–H and O–H groups in total. The van der Waals surface area contributed by atoms with E-state index >= 15 is 0 Å². The van der Waals surface area contributed by atoms with E-state index in [2.05, 4.69) is 36.7 Å². The maximum absolute atomic E-state index is 13.7. The number of hydrogen-bond acceptors (Lipinski definition) is 8. The highest BCUT2D eigenvalue weighted by Gasteiger charge is 2.47. The van der Waals surface area contributed by atoms with Crippen LogP contribution in [-0.4, -0.2) is 94.9 Å². The molecule has 0 radical (unpaired) electrons. The van der Waals surface area contributed by atoms with Gasteiger partial charge < -0.3 is 15.3 Å². The van der Waals surface area contributed by atoms with Gasteiger partial charge in [0, 0.05) is 55.1 Å². The topological polar surface area (TPSA) is 138 Å². The number of aliphatic carboxylic acids is 1. The maximum atomic E-state index is 13.7. The first-order valence-corrected chi connectivity index (χ1v) is 18.5. The van der Waals surface area contributed by atoms with E-state index < -0.39 is 35.3 Å². The van der Waals surface area contributed by atoms with Gasteiger partial charge in [-0.05, 0) is 102 Å². The second-order valence-electron chi connectivity index (χ2n) is 14.8. The van der Waals surface area contributed by atoms with Crippen molar-refractivity contribution in [3.63, 3.8) is 0 Å². The Balaban J connectivity index is 1.16. The van der Waals surface area contributed by atoms with E-state index in [9.17, 15) is 27.6 Å². The summed E-state index contributed by atoms with van der Waals surface area (Å²) in [5.74, 6) is -3.47. The van der Waals surface area contributed by atoms with Gasteiger partial charge in [-0.2, -0.15) is 23.8 Å². The SMILES string of the molecule is O=C(O)CCC1CN(CC2CCCC(C(=O)NC3CCC(N4CCCCC4)CC3C(=O)N/N=C/C3CCC(Cl)C(C(F)(F)F)C3)C2)NN1. The molecular formula is C33H53ClF3N7O4. The van der Waals surface area contributed by atoms with Gasteiger partial charge in [-0.3, -0.25) is 14.4 Å². The van der Waals surface area contributed by atoms with Crippen LogP contribution in [0.4, 0.5) is 13.2 Å². The molecule has 9 atom stereocenters. The molecule has 15 heteroatoms. The zero-order valence-electron chi connectivity index (χ0n) is 27.7. The van der Waals surface area contributed by atoms with Crippen molar-refractivity contribution >= 4 is 35.6 Å². The van der Waals surface area contributed by atoms with Crippen molar-refractivity contribution < 1.29 is 32.7 Å². The van der Waals surface area contributed by atoms with Crippen LogP contribution in [0.2, 0.25) is 0 Å². The van der Waals surface area contributed by atoms with E-state index in [-0.39, 0.29) is 55.1 Å². The van der Waals surface area contributed by atoms with Gasteiger partial charge in [0.05, 0.1) is 11.8 Å². The third-order valence-corrected chi connectivity index (χ3v) is 11.8. The molecule has 3 saturated carbocycles. The number of hydrazone groups is 1. The predicted molar refractivity (Wildman–Crippen MR) is 176 cm³/mol. The van der Waals surface area contributed by atoms with Crippen molar-refractivity contribution in [1.29, 1.82) is 0 Å². The lowest BCUT2D eigenvalue weighted by atomic mass is 9.78. The Hall–Kier alpha value is -2.00. The second-order valence-corrected chi connectivity index (χ2v) is 15.4. The first-order valence-electron chi connectivity index (χ1n) is 18.0. The van der Waals surface area contributed by atoms with Crippen molar-refractivity contribution in [2.24, 2.45) is 34.7 Å². The fourth-order valence-corrected chi connectivity index (χ4v) is 8.96. The summed E-state index contributed by atoms with van der Waals surface area (Å²) in [4.78, 5) is 40.7. The average molecular weight is 704 g/mol. The lowest BCUT2D eigenvalue weighted by Gasteiger charge is -2.42. The van der Waals surface area contributed by atoms with Crippen LogP contribution in [0.1, 0.15) is 96.3 Å². The Morgan fingerprint density at radius 2 is 1.75 bits per heavy atom. The summed E-state index contributed by atoms with van der Waals surface area (Å²) in [7, 11) is 0. The number of hydrogen-bond donors (Lipinski definition) is 5. The Morgan fingerprint density at radius 3 is 2.50 bits per heavy atom. The standard InChI is InChI=1S/C33H53ClF3N7O4/c34-28-10-7-21(16-27(28)33(35,36)37)18-38-41-32(48)26-17-25(43-13-2-1-3-14-43)9-11-29(26)39-31(47)23-6-4-5-22(15-23)19-44-20-24(40-42-44)8-12-30(45)46/h18,21-29,40,42H,1-17,19-20H2,(H,39,47)(H,41,48)(H,45,46)/b38-18+. The molecular weight excluding hydrogens is 651 g/mol. The average Bonchev–Trinajstić information content (AvgIpc) is 3.51. The lowest BCUT2D eigenvalue weighted by Crippen LogP contribution is -2.54. The third-order valence-electron chi connectivity index (χ3n) is 11.3. The molecule has 5 fully saturated rings. The number of likely N-dealkylation sites (tertiary alicyclic amines) is 1. The number of piperidine rings is 1. The molecule has 0 aromatic rings. The number of nitrogens with one attached hydrogen (secondary N) is 4. The van der Waals surface area contributed by atoms with Gasteiger partial charge in [-0.1, -0.05) is 12.8 Å². The minimum atomic E-state index is -4.37. The normalized spacial score (nSPS) is 35.8. The Morgan fingerprint density at radius 1 is 0.958 bits per heavy atom. The van der Waals surface area contributed by atoms with Crippen LogP contribution in [-0.2, 0) is 14.4 Å². The number of halogens is 4. The quantitative estimate of drug-likeness (QED) is 0.123. The highest BCUT2D eigenvalue weighted by Crippen LogP contribution is 2.42. The van der Waals surface area contributed by atoms with Crippen molar-refractivity contribution in [2.45, 2.75) is 126 Å². The fraction of sp³-hybridized carbons (Fsp3) is 0.879. The third kappa shape index (κ3) is 10.5. The molecule has 0 bridgehead atoms. The molecule has 272 valence electrons. The number of nitrogens with zero attached hydrogens (tertiary/aromatic N) is 3. The van der Waals surface area contributed by atoms with Crippen molar-refractivity contribution in [1.82, 2.24) is 31.6 Å². The molecule has 2 aliphatic heterocycles. The molecule has 11 nitrogen and oxygen atoms in total. The smallest absolute Gasteiger partial charge is 0.393 e. The van der Waals surface area contributed by atoms with E-state index in [1.807, 2.05) is 0 Å². The van der Waals surface area contributed by atoms with Crippen LogP contribution >= 0.6 is 11.6 Å². The summed E-state index contributed by atoms with van der Waals surface area (Å²) >= 11 is 5.98. The largest absolute Gasteiger partial charge is 0.481 e. The zero-order valence-corrected chi connectivity index (χ0v) is 28.5. The monoisotopic (exact) mass is 703 g/mol. The van der Waals surface area contributed by atoms with Gasteiger partial charge >= 0.3 is 12.1 Å². The number of carbonyl (C=O) groups excluding carboxylic acids is 2. The number of rotatable bonds is 11. The molecule has 2 heterocycles. The Kier molecular flexibility index (Phi) is 13.4. The molecule has 0 spiro atoms. The number of carboxylic acid groups (broad SMARTS) is 1. The van der Waals surface area contributed by atoms with E-state index in [1.165, 1.54) is 12.6 Å². The molecule has 2 amide bonds. The van der Waals surface area contributed by atoms with Crippen molar-refractivity contribution in [2.75, 3.05) is 26.2 Å². The summed E-state index contributed by atoms with van der Waals surface area (Å²) in [5, 5.41) is 17.5. The van der Waals surface area contributed by atoms with E-state index in [0.29, 0.717) is 38.1 Å². The van der Waals surface area contributed by atoms with Crippen LogP contribution < -0.4 is 21.7 Å². The van der Waals surface area contributed by atoms with Crippen LogP contribution in [0, 0.1) is 29.6 Å². The lowest BCUT2D eigenvalue weighted by molar-refractivity contribution is -0.182. The van der Waals surface area contributed by atoms with Crippen LogP contribution in [0.25, 0.3) is 0 Å². The zero-order chi connectivity index (χ0) is 34.3. The van der Waals surface area contributed by atoms with Crippen molar-refractivity contribution in [3.8, 4) is 0 Å². The van der Waals surface area contributed by atoms with E-state index in [1.54, 1.807) is 0 Å². The van der Waals surface area contributed by atoms with Gasteiger partial charge in [0.1, 0.15) is 0 Å². The number of alkyl halides is 4. The van der Waals surface area contributed by atoms with E-state index in [4.69, 9.17) is 16.7 Å². The van der Waals surface area contributed by atoms with Gasteiger partial charge in [0.15, 0.2) is 0 Å². The van der Waals surface area contributed by atoms with Gasteiger partial charge in [0.25, 0.3) is 0 Å². The number of amides is 2. The first-order chi connectivity index (χ1) is 23.0. The summed E-state index contributed by atoms with van der Waals surface area (Å²) in [6, 6.07) is -0.0340. The number of carbonyl (C=O) groups is 3. The Labute approximate surface area is 286 Å². The summed E-state index contributed by atoms with van der Waals surface area (Å²) < 4.78 is 40.3. The summed E-state index contributed by atoms with van der Waals surface area (Å²) in [5.41, 5.74) is 8.95. The molecule has 5 rings (SSSR count). The molecule has 2 saturated heterocycles. The van der Waals surface area contributed by atoms with Crippen molar-refractivity contribution in [3.05, 3.63) is 0 Å². The summed E-state index contributed by atoms with van der Waals surface area (Å²) in [6.07, 6.45) is 7.44. The molecule has 0 aromatic carbocycles. The maximum Gasteiger partial charge on any atom is 0.393 e. The van der Waals surface area contributed by atoms with Gasteiger partial charge in [-0.15, -0.1) is 11.6 Å². The molecule has 9 unspecified atom stereocenters. The van der Waals surface area contributed by atoms with Crippen LogP contribution in [0.15, 0.2) is 5.10 Å². The van der Waals surface area contributed by atoms with Gasteiger partial charge in [-0.25, -0.2) is 15.9 Å². The number of hydrazine groups is 2. The Bertz CT molecular complexity index is 1130. The van der Waals surface area contributed by atoms with Crippen LogP contribution in [0.5, 0.6) is 0 Å². The molecule has 0 aromatic heterocycles. The van der Waals surface area contributed by atoms with Crippen LogP contribution in [0.3, 0.4) is 0 Å². The molecule has 3 aliphatic carbocycles. The number of carboxylic acids is 1. The minimum absolute atomic E-state index is 0.0229. The van der Waals surface area contributed by atoms with E-state index in [0.717, 1.165) is 64.6 Å². The molecule has 5 aliphatic rings. The highest BCUT2D eigenvalue weighted by atomic mass is 35.5. The predicted octanol–water partition coefficient (Wildman–Crippen LogP) is 4.18. The molecule has 48 heavy (non-hydrogen) atoms. The highest BCUT2D eigenvalue weighted by molar-refractivity contribution is 6.20. The second kappa shape index (κ2) is 17.3.